The summed E-state index contributed by atoms with van der Waals surface area (Å²) in [4.78, 5) is 16.1. The highest BCUT2D eigenvalue weighted by atomic mass is 32.2. The number of nitrogens with zero attached hydrogens (tertiary/aromatic N) is 3. The van der Waals surface area contributed by atoms with E-state index in [-0.39, 0.29) is 29.7 Å². The molecule has 10 heteroatoms. The number of hydrogen-bond acceptors (Lipinski definition) is 9. The van der Waals surface area contributed by atoms with Gasteiger partial charge in [0.25, 0.3) is 5.91 Å². The molecule has 1 aliphatic rings. The second kappa shape index (κ2) is 9.75. The van der Waals surface area contributed by atoms with Crippen LogP contribution in [0.25, 0.3) is 6.08 Å². The molecular formula is C22H19N3O5S2. The lowest BCUT2D eigenvalue weighted by Gasteiger charge is -2.12. The Morgan fingerprint density at radius 2 is 1.97 bits per heavy atom. The maximum absolute atomic E-state index is 13.2. The molecule has 32 heavy (non-hydrogen) atoms. The number of thiophene rings is 1. The van der Waals surface area contributed by atoms with E-state index in [0.29, 0.717) is 21.4 Å². The zero-order valence-electron chi connectivity index (χ0n) is 17.2. The molecule has 2 aromatic heterocycles. The van der Waals surface area contributed by atoms with E-state index in [2.05, 4.69) is 10.2 Å². The Morgan fingerprint density at radius 1 is 1.19 bits per heavy atom. The van der Waals surface area contributed by atoms with Crippen LogP contribution < -0.4 is 9.47 Å². The van der Waals surface area contributed by atoms with Gasteiger partial charge in [-0.05, 0) is 59.1 Å². The van der Waals surface area contributed by atoms with Crippen LogP contribution >= 0.6 is 23.1 Å². The summed E-state index contributed by atoms with van der Waals surface area (Å²) in [7, 11) is 2.89. The first-order valence-corrected chi connectivity index (χ1v) is 11.1. The van der Waals surface area contributed by atoms with Crippen LogP contribution in [-0.2, 0) is 11.3 Å². The quantitative estimate of drug-likeness (QED) is 0.309. The molecule has 0 aliphatic carbocycles. The first-order chi connectivity index (χ1) is 15.6. The molecule has 3 heterocycles. The van der Waals surface area contributed by atoms with Gasteiger partial charge in [-0.2, -0.15) is 5.10 Å². The lowest BCUT2D eigenvalue weighted by molar-refractivity contribution is -0.122. The minimum Gasteiger partial charge on any atom is -0.502 e. The van der Waals surface area contributed by atoms with Gasteiger partial charge >= 0.3 is 0 Å². The Hall–Kier alpha value is -3.50. The number of aromatic hydroxyl groups is 1. The molecular weight excluding hydrogens is 450 g/mol. The highest BCUT2D eigenvalue weighted by Crippen LogP contribution is 2.39. The van der Waals surface area contributed by atoms with E-state index >= 15 is 0 Å². The number of hydrogen-bond donors (Lipinski definition) is 1. The van der Waals surface area contributed by atoms with E-state index in [0.717, 1.165) is 4.88 Å². The first kappa shape index (κ1) is 21.7. The molecule has 0 spiro atoms. The fourth-order valence-electron chi connectivity index (χ4n) is 2.93. The molecule has 8 nitrogen and oxygen atoms in total. The SMILES string of the molecule is COc1cc(/C=C2\S/C(=N/N=C\c3cccs3)N(Cc3ccco3)C2=O)cc(OC)c1O. The van der Waals surface area contributed by atoms with Gasteiger partial charge < -0.3 is 19.0 Å². The topological polar surface area (TPSA) is 96.9 Å². The molecule has 0 radical (unpaired) electrons. The summed E-state index contributed by atoms with van der Waals surface area (Å²) in [5.74, 6) is 0.778. The number of carbonyl (C=O) groups excluding carboxylic acids is 1. The summed E-state index contributed by atoms with van der Waals surface area (Å²) in [5.41, 5.74) is 0.633. The van der Waals surface area contributed by atoms with E-state index in [4.69, 9.17) is 13.9 Å². The fraction of sp³-hybridized carbons (Fsp3) is 0.136. The van der Waals surface area contributed by atoms with Gasteiger partial charge in [-0.15, -0.1) is 16.4 Å². The van der Waals surface area contributed by atoms with Gasteiger partial charge in [0.05, 0.1) is 38.1 Å². The number of phenols is 1. The summed E-state index contributed by atoms with van der Waals surface area (Å²) in [5, 5.41) is 20.9. The third kappa shape index (κ3) is 4.71. The molecule has 1 fully saturated rings. The number of thioether (sulfide) groups is 1. The standard InChI is InChI=1S/C22H19N3O5S2/c1-28-17-9-14(10-18(29-2)20(17)26)11-19-21(27)25(13-15-5-3-7-30-15)22(32-19)24-23-12-16-6-4-8-31-16/h3-12,26H,13H2,1-2H3/b19-11-,23-12-,24-22+. The Balaban J connectivity index is 1.67. The number of rotatable bonds is 7. The van der Waals surface area contributed by atoms with Crippen molar-refractivity contribution in [2.45, 2.75) is 6.54 Å². The minimum atomic E-state index is -0.234. The highest BCUT2D eigenvalue weighted by Gasteiger charge is 2.34. The van der Waals surface area contributed by atoms with E-state index < -0.39 is 0 Å². The second-order valence-electron chi connectivity index (χ2n) is 6.50. The van der Waals surface area contributed by atoms with Crippen molar-refractivity contribution in [3.8, 4) is 17.2 Å². The average molecular weight is 470 g/mol. The van der Waals surface area contributed by atoms with Gasteiger partial charge in [0, 0.05) is 4.88 Å². The lowest BCUT2D eigenvalue weighted by Crippen LogP contribution is -2.28. The monoisotopic (exact) mass is 469 g/mol. The Morgan fingerprint density at radius 3 is 2.59 bits per heavy atom. The summed E-state index contributed by atoms with van der Waals surface area (Å²) in [6.45, 7) is 0.228. The van der Waals surface area contributed by atoms with Gasteiger partial charge in [0.2, 0.25) is 5.75 Å². The smallest absolute Gasteiger partial charge is 0.267 e. The second-order valence-corrected chi connectivity index (χ2v) is 8.49. The van der Waals surface area contributed by atoms with Crippen LogP contribution in [-0.4, -0.2) is 41.5 Å². The maximum Gasteiger partial charge on any atom is 0.267 e. The van der Waals surface area contributed by atoms with Crippen molar-refractivity contribution in [2.75, 3.05) is 14.2 Å². The van der Waals surface area contributed by atoms with Crippen molar-refractivity contribution < 1.29 is 23.8 Å². The maximum atomic E-state index is 13.2. The zero-order chi connectivity index (χ0) is 22.5. The van der Waals surface area contributed by atoms with Crippen LogP contribution in [0.2, 0.25) is 0 Å². The average Bonchev–Trinajstić information content (AvgIpc) is 3.55. The molecule has 1 aliphatic heterocycles. The largest absolute Gasteiger partial charge is 0.502 e. The number of furan rings is 1. The van der Waals surface area contributed by atoms with Gasteiger partial charge in [-0.25, -0.2) is 0 Å². The lowest BCUT2D eigenvalue weighted by atomic mass is 10.1. The van der Waals surface area contributed by atoms with Gasteiger partial charge in [-0.3, -0.25) is 9.69 Å². The zero-order valence-corrected chi connectivity index (χ0v) is 18.9. The Labute approximate surface area is 192 Å². The molecule has 1 N–H and O–H groups in total. The number of phenolic OH excluding ortho intramolecular Hbond substituents is 1. The van der Waals surface area contributed by atoms with Crippen molar-refractivity contribution in [2.24, 2.45) is 10.2 Å². The molecule has 0 saturated carbocycles. The van der Waals surface area contributed by atoms with Crippen LogP contribution in [0.15, 0.2) is 67.6 Å². The predicted octanol–water partition coefficient (Wildman–Crippen LogP) is 4.57. The van der Waals surface area contributed by atoms with Crippen molar-refractivity contribution >= 4 is 46.5 Å². The molecule has 0 bridgehead atoms. The van der Waals surface area contributed by atoms with E-state index in [1.165, 1.54) is 30.9 Å². The molecule has 3 aromatic rings. The van der Waals surface area contributed by atoms with Crippen LogP contribution in [0.4, 0.5) is 0 Å². The molecule has 0 unspecified atom stereocenters. The van der Waals surface area contributed by atoms with E-state index in [1.54, 1.807) is 54.2 Å². The predicted molar refractivity (Wildman–Crippen MR) is 125 cm³/mol. The van der Waals surface area contributed by atoms with E-state index in [1.807, 2.05) is 17.5 Å². The molecule has 0 atom stereocenters. The van der Waals surface area contributed by atoms with Crippen molar-refractivity contribution in [3.05, 3.63) is 69.1 Å². The number of methoxy groups -OCH3 is 2. The number of carbonyl (C=O) groups is 1. The number of ether oxygens (including phenoxy) is 2. The van der Waals surface area contributed by atoms with Crippen molar-refractivity contribution in [1.82, 2.24) is 4.90 Å². The molecule has 4 rings (SSSR count). The summed E-state index contributed by atoms with van der Waals surface area (Å²) < 4.78 is 15.8. The van der Waals surface area contributed by atoms with Gasteiger partial charge in [0.15, 0.2) is 16.7 Å². The molecule has 1 amide bonds. The van der Waals surface area contributed by atoms with E-state index in [9.17, 15) is 9.90 Å². The number of amidine groups is 1. The molecule has 164 valence electrons. The minimum absolute atomic E-state index is 0.104. The van der Waals surface area contributed by atoms with Crippen LogP contribution in [0.3, 0.4) is 0 Å². The Kier molecular flexibility index (Phi) is 6.62. The Bertz CT molecular complexity index is 1160. The number of benzene rings is 1. The van der Waals surface area contributed by atoms with Gasteiger partial charge in [0.1, 0.15) is 5.76 Å². The summed E-state index contributed by atoms with van der Waals surface area (Å²) >= 11 is 2.75. The highest BCUT2D eigenvalue weighted by molar-refractivity contribution is 8.18. The van der Waals surface area contributed by atoms with Crippen LogP contribution in [0, 0.1) is 0 Å². The van der Waals surface area contributed by atoms with Crippen molar-refractivity contribution in [1.29, 1.82) is 0 Å². The van der Waals surface area contributed by atoms with Crippen molar-refractivity contribution in [3.63, 3.8) is 0 Å². The third-order valence-corrected chi connectivity index (χ3v) is 6.26. The first-order valence-electron chi connectivity index (χ1n) is 9.42. The molecule has 1 saturated heterocycles. The van der Waals surface area contributed by atoms with Gasteiger partial charge in [-0.1, -0.05) is 6.07 Å². The van der Waals surface area contributed by atoms with Crippen LogP contribution in [0.5, 0.6) is 17.2 Å². The summed E-state index contributed by atoms with van der Waals surface area (Å²) in [6, 6.07) is 10.7. The number of amides is 1. The summed E-state index contributed by atoms with van der Waals surface area (Å²) in [6.07, 6.45) is 4.89. The normalized spacial score (nSPS) is 16.6. The van der Waals surface area contributed by atoms with Crippen LogP contribution in [0.1, 0.15) is 16.2 Å². The third-order valence-electron chi connectivity index (χ3n) is 4.45. The fourth-order valence-corrected chi connectivity index (χ4v) is 4.44. The molecule has 1 aromatic carbocycles.